The van der Waals surface area contributed by atoms with Crippen LogP contribution < -0.4 is 9.47 Å². The van der Waals surface area contributed by atoms with E-state index in [9.17, 15) is 9.59 Å². The van der Waals surface area contributed by atoms with Crippen molar-refractivity contribution >= 4 is 27.7 Å². The van der Waals surface area contributed by atoms with Gasteiger partial charge in [0.05, 0.1) is 5.56 Å². The summed E-state index contributed by atoms with van der Waals surface area (Å²) in [6.07, 6.45) is 2.18. The number of carbonyl (C=O) groups excluding carboxylic acids is 2. The zero-order valence-electron chi connectivity index (χ0n) is 13.3. The number of fused-ring (bicyclic) bond motifs is 1. The maximum atomic E-state index is 12.2. The lowest BCUT2D eigenvalue weighted by molar-refractivity contribution is -0.136. The normalized spacial score (nSPS) is 13.3. The zero-order chi connectivity index (χ0) is 17.1. The van der Waals surface area contributed by atoms with Gasteiger partial charge in [0.2, 0.25) is 0 Å². The lowest BCUT2D eigenvalue weighted by Crippen LogP contribution is -2.21. The molecule has 5 heteroatoms. The first-order valence-corrected chi connectivity index (χ1v) is 8.58. The Bertz CT molecular complexity index is 781. The summed E-state index contributed by atoms with van der Waals surface area (Å²) in [5.74, 6) is 0.431. The predicted octanol–water partition coefficient (Wildman–Crippen LogP) is 4.26. The van der Waals surface area contributed by atoms with Crippen LogP contribution >= 0.6 is 15.9 Å². The minimum Gasteiger partial charge on any atom is -0.482 e. The summed E-state index contributed by atoms with van der Waals surface area (Å²) in [4.78, 5) is 24.3. The SMILES string of the molecule is Cc1ccc(OC(=O)COc2ccc(Br)cc2)c2c1CCCC2=O. The Kier molecular flexibility index (Phi) is 5.00. The molecule has 0 fully saturated rings. The molecule has 0 atom stereocenters. The molecule has 2 aromatic carbocycles. The van der Waals surface area contributed by atoms with Crippen molar-refractivity contribution in [1.29, 1.82) is 0 Å². The Balaban J connectivity index is 1.70. The third-order valence-corrected chi connectivity index (χ3v) is 4.54. The molecule has 1 aliphatic rings. The van der Waals surface area contributed by atoms with E-state index in [0.29, 0.717) is 23.5 Å². The van der Waals surface area contributed by atoms with Gasteiger partial charge in [-0.3, -0.25) is 4.79 Å². The number of Topliss-reactive ketones (excluding diaryl/α,β-unsaturated/α-hetero) is 1. The summed E-state index contributed by atoms with van der Waals surface area (Å²) in [7, 11) is 0. The molecule has 0 unspecified atom stereocenters. The molecule has 4 nitrogen and oxygen atoms in total. The number of ether oxygens (including phenoxy) is 2. The maximum absolute atomic E-state index is 12.2. The minimum absolute atomic E-state index is 0.0385. The molecule has 1 aliphatic carbocycles. The van der Waals surface area contributed by atoms with Crippen molar-refractivity contribution in [3.8, 4) is 11.5 Å². The number of hydrogen-bond donors (Lipinski definition) is 0. The number of ketones is 1. The second kappa shape index (κ2) is 7.18. The Hall–Kier alpha value is -2.14. The van der Waals surface area contributed by atoms with E-state index in [0.717, 1.165) is 28.4 Å². The smallest absolute Gasteiger partial charge is 0.349 e. The zero-order valence-corrected chi connectivity index (χ0v) is 14.9. The van der Waals surface area contributed by atoms with Gasteiger partial charge >= 0.3 is 5.97 Å². The van der Waals surface area contributed by atoms with Gasteiger partial charge < -0.3 is 9.47 Å². The second-order valence-electron chi connectivity index (χ2n) is 5.73. The molecule has 0 heterocycles. The fourth-order valence-electron chi connectivity index (χ4n) is 2.82. The van der Waals surface area contributed by atoms with Crippen molar-refractivity contribution in [3.05, 3.63) is 57.6 Å². The summed E-state index contributed by atoms with van der Waals surface area (Å²) < 4.78 is 11.7. The first kappa shape index (κ1) is 16.7. The van der Waals surface area contributed by atoms with Crippen LogP contribution in [0.2, 0.25) is 0 Å². The van der Waals surface area contributed by atoms with Gasteiger partial charge in [-0.05, 0) is 61.2 Å². The highest BCUT2D eigenvalue weighted by Crippen LogP contribution is 2.32. The number of rotatable bonds is 4. The van der Waals surface area contributed by atoms with Crippen molar-refractivity contribution in [3.63, 3.8) is 0 Å². The molecule has 0 aromatic heterocycles. The fraction of sp³-hybridized carbons (Fsp3) is 0.263. The van der Waals surface area contributed by atoms with Gasteiger partial charge in [0, 0.05) is 10.9 Å². The number of aryl methyl sites for hydroxylation is 1. The standard InChI is InChI=1S/C19H17BrO4/c1-12-5-10-17(19-15(12)3-2-4-16(19)21)24-18(22)11-23-14-8-6-13(20)7-9-14/h5-10H,2-4,11H2,1H3. The Morgan fingerprint density at radius 1 is 1.12 bits per heavy atom. The average molecular weight is 389 g/mol. The van der Waals surface area contributed by atoms with Gasteiger partial charge in [-0.2, -0.15) is 0 Å². The quantitative estimate of drug-likeness (QED) is 0.579. The van der Waals surface area contributed by atoms with E-state index in [-0.39, 0.29) is 12.4 Å². The highest BCUT2D eigenvalue weighted by atomic mass is 79.9. The molecule has 0 radical (unpaired) electrons. The maximum Gasteiger partial charge on any atom is 0.349 e. The van der Waals surface area contributed by atoms with Crippen LogP contribution in [0.3, 0.4) is 0 Å². The first-order chi connectivity index (χ1) is 11.5. The molecule has 124 valence electrons. The molecule has 2 aromatic rings. The highest BCUT2D eigenvalue weighted by Gasteiger charge is 2.24. The fourth-order valence-corrected chi connectivity index (χ4v) is 3.08. The van der Waals surface area contributed by atoms with E-state index >= 15 is 0 Å². The summed E-state index contributed by atoms with van der Waals surface area (Å²) >= 11 is 3.34. The monoisotopic (exact) mass is 388 g/mol. The Morgan fingerprint density at radius 2 is 1.88 bits per heavy atom. The van der Waals surface area contributed by atoms with E-state index in [4.69, 9.17) is 9.47 Å². The number of benzene rings is 2. The number of carbonyl (C=O) groups is 2. The number of hydrogen-bond acceptors (Lipinski definition) is 4. The van der Waals surface area contributed by atoms with Crippen molar-refractivity contribution in [2.75, 3.05) is 6.61 Å². The number of halogens is 1. The topological polar surface area (TPSA) is 52.6 Å². The van der Waals surface area contributed by atoms with Crippen LogP contribution in [0, 0.1) is 6.92 Å². The van der Waals surface area contributed by atoms with Gasteiger partial charge in [-0.1, -0.05) is 22.0 Å². The molecule has 24 heavy (non-hydrogen) atoms. The van der Waals surface area contributed by atoms with E-state index in [1.807, 2.05) is 25.1 Å². The van der Waals surface area contributed by atoms with Gasteiger partial charge in [0.25, 0.3) is 0 Å². The van der Waals surface area contributed by atoms with Crippen molar-refractivity contribution < 1.29 is 19.1 Å². The van der Waals surface area contributed by atoms with Crippen LogP contribution in [0.5, 0.6) is 11.5 Å². The molecule has 0 spiro atoms. The van der Waals surface area contributed by atoms with Crippen molar-refractivity contribution in [2.45, 2.75) is 26.2 Å². The Labute approximate surface area is 148 Å². The third-order valence-electron chi connectivity index (χ3n) is 4.01. The van der Waals surface area contributed by atoms with Crippen LogP contribution in [0.15, 0.2) is 40.9 Å². The summed E-state index contributed by atoms with van der Waals surface area (Å²) in [5.41, 5.74) is 2.60. The lowest BCUT2D eigenvalue weighted by atomic mass is 9.87. The van der Waals surface area contributed by atoms with Crippen LogP contribution in [-0.4, -0.2) is 18.4 Å². The van der Waals surface area contributed by atoms with Gasteiger partial charge in [-0.25, -0.2) is 4.79 Å². The Morgan fingerprint density at radius 3 is 2.62 bits per heavy atom. The van der Waals surface area contributed by atoms with E-state index in [1.165, 1.54) is 0 Å². The van der Waals surface area contributed by atoms with Crippen LogP contribution in [0.25, 0.3) is 0 Å². The van der Waals surface area contributed by atoms with Crippen LogP contribution in [0.1, 0.15) is 34.3 Å². The van der Waals surface area contributed by atoms with E-state index < -0.39 is 5.97 Å². The molecule has 3 rings (SSSR count). The molecule has 0 bridgehead atoms. The van der Waals surface area contributed by atoms with E-state index in [2.05, 4.69) is 15.9 Å². The molecule has 0 aliphatic heterocycles. The lowest BCUT2D eigenvalue weighted by Gasteiger charge is -2.20. The summed E-state index contributed by atoms with van der Waals surface area (Å²) in [6, 6.07) is 10.7. The minimum atomic E-state index is -0.526. The van der Waals surface area contributed by atoms with Gasteiger partial charge in [0.15, 0.2) is 12.4 Å². The summed E-state index contributed by atoms with van der Waals surface area (Å²) in [6.45, 7) is 1.76. The molecular weight excluding hydrogens is 372 g/mol. The highest BCUT2D eigenvalue weighted by molar-refractivity contribution is 9.10. The number of esters is 1. The van der Waals surface area contributed by atoms with Crippen LogP contribution in [-0.2, 0) is 11.2 Å². The molecule has 0 saturated heterocycles. The molecular formula is C19H17BrO4. The molecule has 0 saturated carbocycles. The van der Waals surface area contributed by atoms with Crippen LogP contribution in [0.4, 0.5) is 0 Å². The van der Waals surface area contributed by atoms with Crippen molar-refractivity contribution in [1.82, 2.24) is 0 Å². The molecule has 0 amide bonds. The molecule has 0 N–H and O–H groups in total. The third kappa shape index (κ3) is 3.67. The summed E-state index contributed by atoms with van der Waals surface area (Å²) in [5, 5.41) is 0. The van der Waals surface area contributed by atoms with Gasteiger partial charge in [0.1, 0.15) is 11.5 Å². The van der Waals surface area contributed by atoms with Gasteiger partial charge in [-0.15, -0.1) is 0 Å². The average Bonchev–Trinajstić information content (AvgIpc) is 2.57. The van der Waals surface area contributed by atoms with Crippen molar-refractivity contribution in [2.24, 2.45) is 0 Å². The predicted molar refractivity (Wildman–Crippen MR) is 93.7 cm³/mol. The largest absolute Gasteiger partial charge is 0.482 e. The second-order valence-corrected chi connectivity index (χ2v) is 6.64. The van der Waals surface area contributed by atoms with E-state index in [1.54, 1.807) is 18.2 Å². The first-order valence-electron chi connectivity index (χ1n) is 7.79.